The van der Waals surface area contributed by atoms with E-state index in [1.807, 2.05) is 63.2 Å². The van der Waals surface area contributed by atoms with Crippen LogP contribution in [0.5, 0.6) is 0 Å². The highest BCUT2D eigenvalue weighted by atomic mass is 32.2. The zero-order chi connectivity index (χ0) is 21.9. The Kier molecular flexibility index (Phi) is 6.27. The number of sulfonamides is 1. The summed E-state index contributed by atoms with van der Waals surface area (Å²) in [5.74, 6) is -0.325. The highest BCUT2D eigenvalue weighted by molar-refractivity contribution is 7.92. The van der Waals surface area contributed by atoms with Crippen molar-refractivity contribution in [2.75, 3.05) is 4.72 Å². The number of hydrogen-bond donors (Lipinski definition) is 2. The number of aryl methyl sites for hydroxylation is 3. The molecule has 156 valence electrons. The van der Waals surface area contributed by atoms with Crippen LogP contribution in [0.25, 0.3) is 0 Å². The topological polar surface area (TPSA) is 75.3 Å². The predicted octanol–water partition coefficient (Wildman–Crippen LogP) is 4.90. The van der Waals surface area contributed by atoms with E-state index in [2.05, 4.69) is 10.0 Å². The third-order valence-electron chi connectivity index (χ3n) is 5.02. The first-order valence-corrected chi connectivity index (χ1v) is 11.2. The molecule has 2 N–H and O–H groups in total. The van der Waals surface area contributed by atoms with Crippen LogP contribution in [0.1, 0.15) is 45.6 Å². The van der Waals surface area contributed by atoms with Crippen molar-refractivity contribution in [3.63, 3.8) is 0 Å². The number of amides is 1. The predicted molar refractivity (Wildman–Crippen MR) is 120 cm³/mol. The molecule has 5 nitrogen and oxygen atoms in total. The molecule has 0 radical (unpaired) electrons. The fourth-order valence-electron chi connectivity index (χ4n) is 3.18. The smallest absolute Gasteiger partial charge is 0.262 e. The van der Waals surface area contributed by atoms with Crippen LogP contribution in [0.15, 0.2) is 71.6 Å². The lowest BCUT2D eigenvalue weighted by Gasteiger charge is -2.16. The fraction of sp³-hybridized carbons (Fsp3) is 0.208. The second kappa shape index (κ2) is 8.71. The monoisotopic (exact) mass is 422 g/mol. The molecule has 0 spiro atoms. The minimum absolute atomic E-state index is 0.0865. The number of anilines is 1. The van der Waals surface area contributed by atoms with E-state index in [1.165, 1.54) is 6.07 Å². The molecule has 3 rings (SSSR count). The second-order valence-electron chi connectivity index (χ2n) is 7.51. The minimum atomic E-state index is -3.85. The average molecular weight is 423 g/mol. The van der Waals surface area contributed by atoms with E-state index >= 15 is 0 Å². The molecule has 0 saturated heterocycles. The van der Waals surface area contributed by atoms with Crippen LogP contribution in [-0.2, 0) is 10.0 Å². The molecule has 0 heterocycles. The summed E-state index contributed by atoms with van der Waals surface area (Å²) in [6.07, 6.45) is 0. The lowest BCUT2D eigenvalue weighted by Crippen LogP contribution is -2.27. The van der Waals surface area contributed by atoms with Gasteiger partial charge in [0.05, 0.1) is 16.6 Å². The van der Waals surface area contributed by atoms with Gasteiger partial charge in [-0.1, -0.05) is 48.5 Å². The molecule has 0 bridgehead atoms. The van der Waals surface area contributed by atoms with Gasteiger partial charge in [-0.15, -0.1) is 0 Å². The van der Waals surface area contributed by atoms with Crippen molar-refractivity contribution < 1.29 is 13.2 Å². The first kappa shape index (κ1) is 21.6. The molecular weight excluding hydrogens is 396 g/mol. The Bertz CT molecular complexity index is 1170. The van der Waals surface area contributed by atoms with E-state index in [1.54, 1.807) is 25.1 Å². The third kappa shape index (κ3) is 4.89. The lowest BCUT2D eigenvalue weighted by molar-refractivity contribution is 0.0939. The summed E-state index contributed by atoms with van der Waals surface area (Å²) >= 11 is 0. The molecule has 0 aliphatic rings. The van der Waals surface area contributed by atoms with Crippen molar-refractivity contribution in [3.8, 4) is 0 Å². The standard InChI is InChI=1S/C24H26N2O3S/c1-16-10-11-17(2)22(14-16)26-30(28,29)23-15-21(13-12-18(23)3)24(27)25-19(4)20-8-6-5-7-9-20/h5-15,19,26H,1-4H3,(H,25,27). The Morgan fingerprint density at radius 2 is 1.53 bits per heavy atom. The third-order valence-corrected chi connectivity index (χ3v) is 6.53. The van der Waals surface area contributed by atoms with E-state index in [0.29, 0.717) is 16.8 Å². The zero-order valence-corrected chi connectivity index (χ0v) is 18.4. The molecule has 30 heavy (non-hydrogen) atoms. The van der Waals surface area contributed by atoms with E-state index in [9.17, 15) is 13.2 Å². The van der Waals surface area contributed by atoms with Crippen LogP contribution < -0.4 is 10.0 Å². The summed E-state index contributed by atoms with van der Waals surface area (Å²) in [7, 11) is -3.85. The van der Waals surface area contributed by atoms with E-state index in [4.69, 9.17) is 0 Å². The molecule has 3 aromatic rings. The van der Waals surface area contributed by atoms with Crippen molar-refractivity contribution in [2.45, 2.75) is 38.6 Å². The summed E-state index contributed by atoms with van der Waals surface area (Å²) in [5, 5.41) is 2.92. The molecule has 1 atom stereocenters. The average Bonchev–Trinajstić information content (AvgIpc) is 2.71. The molecule has 6 heteroatoms. The van der Waals surface area contributed by atoms with Crippen LogP contribution in [0.3, 0.4) is 0 Å². The Hall–Kier alpha value is -3.12. The van der Waals surface area contributed by atoms with Gasteiger partial charge in [-0.25, -0.2) is 8.42 Å². The van der Waals surface area contributed by atoms with Crippen molar-refractivity contribution >= 4 is 21.6 Å². The molecule has 0 saturated carbocycles. The van der Waals surface area contributed by atoms with Gasteiger partial charge in [0.25, 0.3) is 15.9 Å². The summed E-state index contributed by atoms with van der Waals surface area (Å²) in [6, 6.07) is 19.7. The van der Waals surface area contributed by atoms with Crippen molar-refractivity contribution in [1.29, 1.82) is 0 Å². The normalized spacial score (nSPS) is 12.3. The van der Waals surface area contributed by atoms with Gasteiger partial charge in [-0.3, -0.25) is 9.52 Å². The maximum absolute atomic E-state index is 13.1. The number of carbonyl (C=O) groups is 1. The van der Waals surface area contributed by atoms with Crippen LogP contribution in [0.4, 0.5) is 5.69 Å². The molecule has 0 aromatic heterocycles. The Labute approximate surface area is 178 Å². The van der Waals surface area contributed by atoms with E-state index in [0.717, 1.165) is 16.7 Å². The van der Waals surface area contributed by atoms with E-state index < -0.39 is 10.0 Å². The lowest BCUT2D eigenvalue weighted by atomic mass is 10.1. The molecule has 0 aliphatic carbocycles. The largest absolute Gasteiger partial charge is 0.346 e. The van der Waals surface area contributed by atoms with Gasteiger partial charge in [0.15, 0.2) is 0 Å². The molecule has 0 aliphatic heterocycles. The molecular formula is C24H26N2O3S. The van der Waals surface area contributed by atoms with Crippen LogP contribution in [0, 0.1) is 20.8 Å². The van der Waals surface area contributed by atoms with Gasteiger partial charge in [0.1, 0.15) is 0 Å². The Balaban J connectivity index is 1.87. The summed E-state index contributed by atoms with van der Waals surface area (Å²) in [6.45, 7) is 7.35. The summed E-state index contributed by atoms with van der Waals surface area (Å²) < 4.78 is 28.8. The van der Waals surface area contributed by atoms with Crippen molar-refractivity contribution in [3.05, 3.63) is 94.5 Å². The summed E-state index contributed by atoms with van der Waals surface area (Å²) in [5.41, 5.74) is 4.15. The molecule has 1 unspecified atom stereocenters. The van der Waals surface area contributed by atoms with Gasteiger partial charge in [0, 0.05) is 5.56 Å². The molecule has 0 fully saturated rings. The van der Waals surface area contributed by atoms with Crippen molar-refractivity contribution in [1.82, 2.24) is 5.32 Å². The number of hydrogen-bond acceptors (Lipinski definition) is 3. The van der Waals surface area contributed by atoms with Gasteiger partial charge < -0.3 is 5.32 Å². The first-order chi connectivity index (χ1) is 14.2. The fourth-order valence-corrected chi connectivity index (χ4v) is 4.57. The number of nitrogens with one attached hydrogen (secondary N) is 2. The number of benzene rings is 3. The van der Waals surface area contributed by atoms with Gasteiger partial charge in [-0.05, 0) is 68.1 Å². The van der Waals surface area contributed by atoms with Crippen molar-refractivity contribution in [2.24, 2.45) is 0 Å². The first-order valence-electron chi connectivity index (χ1n) is 9.74. The number of carbonyl (C=O) groups excluding carboxylic acids is 1. The minimum Gasteiger partial charge on any atom is -0.346 e. The maximum atomic E-state index is 13.1. The van der Waals surface area contributed by atoms with E-state index in [-0.39, 0.29) is 16.8 Å². The maximum Gasteiger partial charge on any atom is 0.262 e. The second-order valence-corrected chi connectivity index (χ2v) is 9.16. The molecule has 3 aromatic carbocycles. The Morgan fingerprint density at radius 3 is 2.23 bits per heavy atom. The highest BCUT2D eigenvalue weighted by Crippen LogP contribution is 2.24. The van der Waals surface area contributed by atoms with Gasteiger partial charge in [0.2, 0.25) is 0 Å². The SMILES string of the molecule is Cc1ccc(C)c(NS(=O)(=O)c2cc(C(=O)NC(C)c3ccccc3)ccc2C)c1. The van der Waals surface area contributed by atoms with Crippen LogP contribution in [-0.4, -0.2) is 14.3 Å². The molecule has 1 amide bonds. The highest BCUT2D eigenvalue weighted by Gasteiger charge is 2.21. The Morgan fingerprint density at radius 1 is 0.867 bits per heavy atom. The van der Waals surface area contributed by atoms with Crippen LogP contribution >= 0.6 is 0 Å². The van der Waals surface area contributed by atoms with Crippen LogP contribution in [0.2, 0.25) is 0 Å². The summed E-state index contributed by atoms with van der Waals surface area (Å²) in [4.78, 5) is 12.8. The quantitative estimate of drug-likeness (QED) is 0.593. The van der Waals surface area contributed by atoms with Gasteiger partial charge >= 0.3 is 0 Å². The number of rotatable bonds is 6. The zero-order valence-electron chi connectivity index (χ0n) is 17.6. The van der Waals surface area contributed by atoms with Gasteiger partial charge in [-0.2, -0.15) is 0 Å².